The molecule has 0 aliphatic carbocycles. The maximum atomic E-state index is 12.8. The Kier molecular flexibility index (Phi) is 9.01. The van der Waals surface area contributed by atoms with Gasteiger partial charge in [-0.1, -0.05) is 30.3 Å². The fourth-order valence-electron chi connectivity index (χ4n) is 2.76. The zero-order chi connectivity index (χ0) is 22.4. The predicted octanol–water partition coefficient (Wildman–Crippen LogP) is 4.80. The molecule has 2 N–H and O–H groups in total. The fourth-order valence-corrected chi connectivity index (χ4v) is 3.38. The number of hydrogen-bond acceptors (Lipinski definition) is 5. The van der Waals surface area contributed by atoms with Crippen LogP contribution in [0.4, 0.5) is 5.82 Å². The number of rotatable bonds is 8. The van der Waals surface area contributed by atoms with Crippen LogP contribution in [0, 0.1) is 0 Å². The highest BCUT2D eigenvalue weighted by molar-refractivity contribution is 8.93. The number of halogens is 1. The number of nitrogens with one attached hydrogen (secondary N) is 1. The van der Waals surface area contributed by atoms with E-state index in [-0.39, 0.29) is 34.2 Å². The van der Waals surface area contributed by atoms with E-state index in [1.807, 2.05) is 44.2 Å². The Morgan fingerprint density at radius 3 is 2.38 bits per heavy atom. The van der Waals surface area contributed by atoms with E-state index in [1.54, 1.807) is 18.2 Å². The van der Waals surface area contributed by atoms with Gasteiger partial charge in [-0.15, -0.1) is 17.0 Å². The summed E-state index contributed by atoms with van der Waals surface area (Å²) in [5.74, 6) is 0.885. The number of amides is 1. The van der Waals surface area contributed by atoms with Crippen molar-refractivity contribution in [2.24, 2.45) is 0 Å². The second kappa shape index (κ2) is 11.3. The van der Waals surface area contributed by atoms with Crippen molar-refractivity contribution >= 4 is 41.4 Å². The molecule has 0 spiro atoms. The van der Waals surface area contributed by atoms with Crippen LogP contribution in [0.25, 0.3) is 0 Å². The predicted molar refractivity (Wildman–Crippen MR) is 131 cm³/mol. The Bertz CT molecular complexity index is 1090. The first-order chi connectivity index (χ1) is 14.7. The van der Waals surface area contributed by atoms with Gasteiger partial charge in [-0.05, 0) is 43.7 Å². The molecule has 0 radical (unpaired) electrons. The van der Waals surface area contributed by atoms with E-state index in [0.29, 0.717) is 23.7 Å². The van der Waals surface area contributed by atoms with Gasteiger partial charge in [0.1, 0.15) is 23.9 Å². The first-order valence-electron chi connectivity index (χ1n) is 9.77. The lowest BCUT2D eigenvalue weighted by molar-refractivity contribution is 0.102. The Morgan fingerprint density at radius 1 is 1.09 bits per heavy atom. The normalized spacial score (nSPS) is 12.4. The first kappa shape index (κ1) is 25.6. The van der Waals surface area contributed by atoms with Gasteiger partial charge in [0.15, 0.2) is 0 Å². The summed E-state index contributed by atoms with van der Waals surface area (Å²) in [6.07, 6.45) is 1.21. The van der Waals surface area contributed by atoms with Crippen LogP contribution in [0.1, 0.15) is 29.8 Å². The highest BCUT2D eigenvalue weighted by atomic mass is 79.9. The van der Waals surface area contributed by atoms with Crippen LogP contribution in [0.3, 0.4) is 0 Å². The van der Waals surface area contributed by atoms with E-state index >= 15 is 0 Å². The Hall–Kier alpha value is -2.67. The van der Waals surface area contributed by atoms with E-state index in [1.165, 1.54) is 25.0 Å². The van der Waals surface area contributed by atoms with Gasteiger partial charge in [-0.2, -0.15) is 0 Å². The Balaban J connectivity index is 0.00000363. The van der Waals surface area contributed by atoms with Crippen LogP contribution in [-0.2, 0) is 11.2 Å². The topological polar surface area (TPSA) is 97.8 Å². The van der Waals surface area contributed by atoms with Crippen LogP contribution in [0.15, 0.2) is 66.9 Å². The molecule has 7 nitrogen and oxygen atoms in total. The van der Waals surface area contributed by atoms with Gasteiger partial charge in [-0.3, -0.25) is 9.36 Å². The molecule has 170 valence electrons. The average molecular weight is 521 g/mol. The molecule has 32 heavy (non-hydrogen) atoms. The summed E-state index contributed by atoms with van der Waals surface area (Å²) in [4.78, 5) is 26.5. The van der Waals surface area contributed by atoms with E-state index < -0.39 is 13.3 Å². The fraction of sp³-hybridized carbons (Fsp3) is 0.217. The molecule has 1 unspecified atom stereocenters. The minimum Gasteiger partial charge on any atom is -0.491 e. The summed E-state index contributed by atoms with van der Waals surface area (Å²) in [6, 6.07) is 17.7. The van der Waals surface area contributed by atoms with Crippen molar-refractivity contribution in [2.45, 2.75) is 26.6 Å². The van der Waals surface area contributed by atoms with Gasteiger partial charge in [0.25, 0.3) is 5.91 Å². The molecule has 3 aromatic rings. The third-order valence-corrected chi connectivity index (χ3v) is 5.45. The van der Waals surface area contributed by atoms with Crippen LogP contribution >= 0.6 is 24.4 Å². The number of ether oxygens (including phenoxy) is 2. The minimum absolute atomic E-state index is 0. The molecular weight excluding hydrogens is 495 g/mol. The monoisotopic (exact) mass is 520 g/mol. The summed E-state index contributed by atoms with van der Waals surface area (Å²) < 4.78 is 23.3. The number of carbonyl (C=O) groups excluding carboxylic acids is 1. The summed E-state index contributed by atoms with van der Waals surface area (Å²) >= 11 is 0. The van der Waals surface area contributed by atoms with Crippen molar-refractivity contribution in [2.75, 3.05) is 12.0 Å². The molecule has 0 aliphatic rings. The number of anilines is 1. The molecule has 0 fully saturated rings. The highest BCUT2D eigenvalue weighted by Crippen LogP contribution is 2.33. The van der Waals surface area contributed by atoms with Crippen molar-refractivity contribution in [3.8, 4) is 11.5 Å². The Morgan fingerprint density at radius 2 is 1.78 bits per heavy atom. The standard InChI is InChI=1S/C23H25N2O5P.BrH/c1-16(2)30-20-12-18(11-19(13-20)29-15-17-7-5-4-6-8-17)23(26)25-22-10-9-21(14-24-22)31(3,27)28;/h4-14,16H,15H2,1-3H3,(H,27,28)(H,24,25,26);1H. The van der Waals surface area contributed by atoms with E-state index in [2.05, 4.69) is 10.3 Å². The lowest BCUT2D eigenvalue weighted by atomic mass is 10.1. The number of aromatic nitrogens is 1. The smallest absolute Gasteiger partial charge is 0.257 e. The minimum atomic E-state index is -3.40. The molecule has 0 saturated carbocycles. The van der Waals surface area contributed by atoms with Gasteiger partial charge in [0.05, 0.1) is 11.4 Å². The Labute approximate surface area is 198 Å². The van der Waals surface area contributed by atoms with Crippen LogP contribution in [0.5, 0.6) is 11.5 Å². The summed E-state index contributed by atoms with van der Waals surface area (Å²) in [7, 11) is -3.40. The molecule has 0 bridgehead atoms. The maximum Gasteiger partial charge on any atom is 0.257 e. The SMILES string of the molecule is Br.CC(C)Oc1cc(OCc2ccccc2)cc(C(=O)Nc2ccc(P(C)(=O)O)cn2)c1. The lowest BCUT2D eigenvalue weighted by Crippen LogP contribution is -2.15. The van der Waals surface area contributed by atoms with Crippen LogP contribution in [-0.4, -0.2) is 28.6 Å². The van der Waals surface area contributed by atoms with Gasteiger partial charge in [-0.25, -0.2) is 4.98 Å². The molecule has 2 aromatic carbocycles. The first-order valence-corrected chi connectivity index (χ1v) is 11.9. The van der Waals surface area contributed by atoms with Crippen molar-refractivity contribution in [1.82, 2.24) is 4.98 Å². The summed E-state index contributed by atoms with van der Waals surface area (Å²) in [5, 5.41) is 2.90. The van der Waals surface area contributed by atoms with E-state index in [0.717, 1.165) is 5.56 Å². The van der Waals surface area contributed by atoms with E-state index in [4.69, 9.17) is 9.47 Å². The molecule has 1 amide bonds. The van der Waals surface area contributed by atoms with Gasteiger partial charge >= 0.3 is 0 Å². The zero-order valence-corrected chi connectivity index (χ0v) is 20.6. The van der Waals surface area contributed by atoms with Gasteiger partial charge < -0.3 is 19.7 Å². The van der Waals surface area contributed by atoms with Gasteiger partial charge in [0, 0.05) is 24.5 Å². The molecule has 1 aromatic heterocycles. The number of hydrogen-bond donors (Lipinski definition) is 2. The number of pyridine rings is 1. The molecule has 3 rings (SSSR count). The van der Waals surface area contributed by atoms with Crippen LogP contribution < -0.4 is 20.1 Å². The highest BCUT2D eigenvalue weighted by Gasteiger charge is 2.16. The van der Waals surface area contributed by atoms with Crippen molar-refractivity contribution in [1.29, 1.82) is 0 Å². The molecule has 1 atom stereocenters. The molecule has 0 aliphatic heterocycles. The quantitative estimate of drug-likeness (QED) is 0.414. The second-order valence-corrected chi connectivity index (χ2v) is 9.64. The zero-order valence-electron chi connectivity index (χ0n) is 18.0. The van der Waals surface area contributed by atoms with Crippen molar-refractivity contribution in [3.63, 3.8) is 0 Å². The van der Waals surface area contributed by atoms with Crippen molar-refractivity contribution < 1.29 is 23.7 Å². The molecule has 1 heterocycles. The lowest BCUT2D eigenvalue weighted by Gasteiger charge is -2.14. The van der Waals surface area contributed by atoms with E-state index in [9.17, 15) is 14.3 Å². The number of carbonyl (C=O) groups is 1. The molecular formula is C23H26BrN2O5P. The molecule has 9 heteroatoms. The number of nitrogens with zero attached hydrogens (tertiary/aromatic N) is 1. The summed E-state index contributed by atoms with van der Waals surface area (Å²) in [5.41, 5.74) is 1.35. The second-order valence-electron chi connectivity index (χ2n) is 7.37. The molecule has 0 saturated heterocycles. The van der Waals surface area contributed by atoms with Crippen LogP contribution in [0.2, 0.25) is 0 Å². The summed E-state index contributed by atoms with van der Waals surface area (Å²) in [6.45, 7) is 5.39. The largest absolute Gasteiger partial charge is 0.491 e. The average Bonchev–Trinajstić information content (AvgIpc) is 2.72. The third-order valence-electron chi connectivity index (χ3n) is 4.23. The van der Waals surface area contributed by atoms with Crippen molar-refractivity contribution in [3.05, 3.63) is 78.0 Å². The third kappa shape index (κ3) is 7.48. The number of benzene rings is 2. The van der Waals surface area contributed by atoms with Gasteiger partial charge in [0.2, 0.25) is 7.37 Å². The maximum absolute atomic E-state index is 12.8.